The van der Waals surface area contributed by atoms with Crippen molar-refractivity contribution in [2.45, 2.75) is 18.8 Å². The SMILES string of the molecule is CCC1=CNC(Cl)C1=O. The van der Waals surface area contributed by atoms with Crippen molar-refractivity contribution in [1.82, 2.24) is 5.32 Å². The van der Waals surface area contributed by atoms with Crippen LogP contribution in [0.1, 0.15) is 13.3 Å². The fraction of sp³-hybridized carbons (Fsp3) is 0.500. The molecule has 0 radical (unpaired) electrons. The Morgan fingerprint density at radius 3 is 2.78 bits per heavy atom. The molecule has 0 saturated heterocycles. The van der Waals surface area contributed by atoms with Gasteiger partial charge in [-0.2, -0.15) is 0 Å². The zero-order valence-electron chi connectivity index (χ0n) is 5.15. The van der Waals surface area contributed by atoms with Crippen molar-refractivity contribution in [1.29, 1.82) is 0 Å². The number of carbonyl (C=O) groups excluding carboxylic acids is 1. The van der Waals surface area contributed by atoms with E-state index in [9.17, 15) is 4.79 Å². The van der Waals surface area contributed by atoms with E-state index in [0.717, 1.165) is 12.0 Å². The zero-order valence-corrected chi connectivity index (χ0v) is 5.90. The maximum absolute atomic E-state index is 10.9. The first-order valence-electron chi connectivity index (χ1n) is 2.89. The first-order valence-corrected chi connectivity index (χ1v) is 3.32. The molecule has 0 amide bonds. The van der Waals surface area contributed by atoms with Gasteiger partial charge in [-0.05, 0) is 6.42 Å². The molecule has 3 heteroatoms. The Morgan fingerprint density at radius 1 is 1.89 bits per heavy atom. The number of ketones is 1. The molecular formula is C6H8ClNO. The predicted molar refractivity (Wildman–Crippen MR) is 36.2 cm³/mol. The molecule has 1 aliphatic heterocycles. The number of hydrogen-bond acceptors (Lipinski definition) is 2. The van der Waals surface area contributed by atoms with Crippen LogP contribution in [0, 0.1) is 0 Å². The Kier molecular flexibility index (Phi) is 1.76. The summed E-state index contributed by atoms with van der Waals surface area (Å²) in [6.45, 7) is 1.93. The molecule has 1 unspecified atom stereocenters. The van der Waals surface area contributed by atoms with Crippen LogP contribution in [-0.2, 0) is 4.79 Å². The number of rotatable bonds is 1. The fourth-order valence-corrected chi connectivity index (χ4v) is 0.963. The van der Waals surface area contributed by atoms with Gasteiger partial charge in [0.05, 0.1) is 0 Å². The maximum Gasteiger partial charge on any atom is 0.197 e. The molecule has 0 aromatic carbocycles. The molecule has 0 aromatic rings. The third-order valence-corrected chi connectivity index (χ3v) is 1.66. The van der Waals surface area contributed by atoms with Crippen molar-refractivity contribution in [3.8, 4) is 0 Å². The van der Waals surface area contributed by atoms with E-state index in [1.54, 1.807) is 6.20 Å². The van der Waals surface area contributed by atoms with Crippen LogP contribution in [0.15, 0.2) is 11.8 Å². The lowest BCUT2D eigenvalue weighted by Gasteiger charge is -1.96. The van der Waals surface area contributed by atoms with Gasteiger partial charge in [-0.1, -0.05) is 18.5 Å². The lowest BCUT2D eigenvalue weighted by atomic mass is 10.2. The first kappa shape index (κ1) is 6.62. The maximum atomic E-state index is 10.9. The normalized spacial score (nSPS) is 25.8. The summed E-state index contributed by atoms with van der Waals surface area (Å²) in [4.78, 5) is 10.9. The Hall–Kier alpha value is -0.500. The number of Topliss-reactive ketones (excluding diaryl/α,β-unsaturated/α-hetero) is 1. The van der Waals surface area contributed by atoms with Crippen molar-refractivity contribution in [3.63, 3.8) is 0 Å². The molecule has 0 fully saturated rings. The molecule has 0 aliphatic carbocycles. The van der Waals surface area contributed by atoms with Crippen molar-refractivity contribution in [3.05, 3.63) is 11.8 Å². The van der Waals surface area contributed by atoms with E-state index < -0.39 is 5.50 Å². The monoisotopic (exact) mass is 145 g/mol. The lowest BCUT2D eigenvalue weighted by molar-refractivity contribution is -0.115. The fourth-order valence-electron chi connectivity index (χ4n) is 0.760. The summed E-state index contributed by atoms with van der Waals surface area (Å²) in [5.41, 5.74) is 0.273. The highest BCUT2D eigenvalue weighted by Crippen LogP contribution is 2.12. The van der Waals surface area contributed by atoms with Crippen LogP contribution in [0.2, 0.25) is 0 Å². The zero-order chi connectivity index (χ0) is 6.85. The molecule has 1 atom stereocenters. The number of carbonyl (C=O) groups is 1. The molecule has 1 heterocycles. The highest BCUT2D eigenvalue weighted by atomic mass is 35.5. The minimum Gasteiger partial charge on any atom is -0.369 e. The number of hydrogen-bond donors (Lipinski definition) is 1. The molecule has 0 bridgehead atoms. The molecule has 0 spiro atoms. The highest BCUT2D eigenvalue weighted by Gasteiger charge is 2.22. The van der Waals surface area contributed by atoms with Crippen molar-refractivity contribution < 1.29 is 4.79 Å². The topological polar surface area (TPSA) is 29.1 Å². The van der Waals surface area contributed by atoms with Gasteiger partial charge in [-0.3, -0.25) is 4.79 Å². The van der Waals surface area contributed by atoms with Gasteiger partial charge in [0.25, 0.3) is 0 Å². The van der Waals surface area contributed by atoms with Crippen LogP contribution in [0.3, 0.4) is 0 Å². The summed E-state index contributed by atoms with van der Waals surface area (Å²) >= 11 is 5.52. The smallest absolute Gasteiger partial charge is 0.197 e. The van der Waals surface area contributed by atoms with E-state index in [0.29, 0.717) is 0 Å². The Morgan fingerprint density at radius 2 is 2.56 bits per heavy atom. The summed E-state index contributed by atoms with van der Waals surface area (Å²) in [5.74, 6) is 0.0131. The summed E-state index contributed by atoms with van der Waals surface area (Å²) in [6, 6.07) is 0. The molecule has 9 heavy (non-hydrogen) atoms. The minimum atomic E-state index is -0.514. The minimum absolute atomic E-state index is 0.0131. The predicted octanol–water partition coefficient (Wildman–Crippen LogP) is 1.02. The van der Waals surface area contributed by atoms with Gasteiger partial charge in [0.15, 0.2) is 11.3 Å². The van der Waals surface area contributed by atoms with Crippen LogP contribution < -0.4 is 5.32 Å². The number of halogens is 1. The van der Waals surface area contributed by atoms with Crippen molar-refractivity contribution in [2.75, 3.05) is 0 Å². The van der Waals surface area contributed by atoms with E-state index in [1.807, 2.05) is 6.92 Å². The van der Waals surface area contributed by atoms with Gasteiger partial charge >= 0.3 is 0 Å². The van der Waals surface area contributed by atoms with Crippen LogP contribution in [0.5, 0.6) is 0 Å². The van der Waals surface area contributed by atoms with E-state index >= 15 is 0 Å². The third kappa shape index (κ3) is 1.08. The second kappa shape index (κ2) is 2.40. The van der Waals surface area contributed by atoms with E-state index in [2.05, 4.69) is 5.32 Å². The summed E-state index contributed by atoms with van der Waals surface area (Å²) in [6.07, 6.45) is 2.44. The average Bonchev–Trinajstić information content (AvgIpc) is 2.15. The van der Waals surface area contributed by atoms with Crippen LogP contribution in [0.4, 0.5) is 0 Å². The van der Waals surface area contributed by atoms with Crippen LogP contribution in [0.25, 0.3) is 0 Å². The van der Waals surface area contributed by atoms with Gasteiger partial charge in [-0.15, -0.1) is 0 Å². The summed E-state index contributed by atoms with van der Waals surface area (Å²) in [5, 5.41) is 2.72. The van der Waals surface area contributed by atoms with Gasteiger partial charge in [-0.25, -0.2) is 0 Å². The molecule has 1 rings (SSSR count). The second-order valence-electron chi connectivity index (χ2n) is 1.92. The summed E-state index contributed by atoms with van der Waals surface area (Å²) < 4.78 is 0. The van der Waals surface area contributed by atoms with Gasteiger partial charge < -0.3 is 5.32 Å². The Bertz CT molecular complexity index is 164. The summed E-state index contributed by atoms with van der Waals surface area (Å²) in [7, 11) is 0. The molecule has 1 N–H and O–H groups in total. The molecule has 2 nitrogen and oxygen atoms in total. The number of alkyl halides is 1. The number of nitrogens with one attached hydrogen (secondary N) is 1. The van der Waals surface area contributed by atoms with E-state index in [4.69, 9.17) is 11.6 Å². The molecular weight excluding hydrogens is 138 g/mol. The van der Waals surface area contributed by atoms with Gasteiger partial charge in [0.2, 0.25) is 0 Å². The standard InChI is InChI=1S/C6H8ClNO/c1-2-4-3-8-6(7)5(4)9/h3,6,8H,2H2,1H3. The van der Waals surface area contributed by atoms with E-state index in [1.165, 1.54) is 0 Å². The van der Waals surface area contributed by atoms with Crippen molar-refractivity contribution in [2.24, 2.45) is 0 Å². The molecule has 0 saturated carbocycles. The molecule has 50 valence electrons. The average molecular weight is 146 g/mol. The lowest BCUT2D eigenvalue weighted by Crippen LogP contribution is -2.20. The largest absolute Gasteiger partial charge is 0.369 e. The second-order valence-corrected chi connectivity index (χ2v) is 2.35. The Labute approximate surface area is 58.9 Å². The van der Waals surface area contributed by atoms with Gasteiger partial charge in [0.1, 0.15) is 0 Å². The van der Waals surface area contributed by atoms with Crippen LogP contribution in [-0.4, -0.2) is 11.3 Å². The quantitative estimate of drug-likeness (QED) is 0.441. The molecule has 1 aliphatic rings. The van der Waals surface area contributed by atoms with Crippen molar-refractivity contribution >= 4 is 17.4 Å². The van der Waals surface area contributed by atoms with Crippen LogP contribution >= 0.6 is 11.6 Å². The Balaban J connectivity index is 2.67. The highest BCUT2D eigenvalue weighted by molar-refractivity contribution is 6.34. The van der Waals surface area contributed by atoms with Gasteiger partial charge in [0, 0.05) is 11.8 Å². The first-order chi connectivity index (χ1) is 4.25. The van der Waals surface area contributed by atoms with E-state index in [-0.39, 0.29) is 5.78 Å². The molecule has 0 aromatic heterocycles. The third-order valence-electron chi connectivity index (χ3n) is 1.33.